The van der Waals surface area contributed by atoms with E-state index in [1.807, 2.05) is 0 Å². The van der Waals surface area contributed by atoms with Crippen LogP contribution in [-0.2, 0) is 4.74 Å². The van der Waals surface area contributed by atoms with Crippen molar-refractivity contribution < 1.29 is 19.0 Å². The van der Waals surface area contributed by atoms with Gasteiger partial charge >= 0.3 is 6.09 Å². The van der Waals surface area contributed by atoms with Crippen LogP contribution >= 0.6 is 23.2 Å². The molecule has 0 aliphatic carbocycles. The predicted octanol–water partition coefficient (Wildman–Crippen LogP) is 2.94. The molecule has 0 aromatic carbocycles. The van der Waals surface area contributed by atoms with E-state index in [2.05, 4.69) is 20.3 Å². The summed E-state index contributed by atoms with van der Waals surface area (Å²) in [4.78, 5) is 25.6. The Bertz CT molecular complexity index is 908. The Morgan fingerprint density at radius 3 is 2.75 bits per heavy atom. The van der Waals surface area contributed by atoms with Crippen molar-refractivity contribution in [3.8, 4) is 0 Å². The highest BCUT2D eigenvalue weighted by molar-refractivity contribution is 6.30. The zero-order valence-electron chi connectivity index (χ0n) is 15.5. The third kappa shape index (κ3) is 4.71. The minimum atomic E-state index is -0.800. The second-order valence-electron chi connectivity index (χ2n) is 7.58. The van der Waals surface area contributed by atoms with Gasteiger partial charge in [-0.15, -0.1) is 0 Å². The first-order valence-corrected chi connectivity index (χ1v) is 9.39. The van der Waals surface area contributed by atoms with Crippen molar-refractivity contribution in [3.63, 3.8) is 0 Å². The van der Waals surface area contributed by atoms with Crippen molar-refractivity contribution in [1.29, 1.82) is 0 Å². The number of hydrogen-bond donors (Lipinski definition) is 2. The minimum absolute atomic E-state index is 0.0632. The summed E-state index contributed by atoms with van der Waals surface area (Å²) in [5, 5.41) is 12.8. The van der Waals surface area contributed by atoms with E-state index in [-0.39, 0.29) is 22.5 Å². The van der Waals surface area contributed by atoms with Crippen LogP contribution in [0.2, 0.25) is 10.4 Å². The number of pyridine rings is 1. The number of aliphatic hydroxyl groups excluding tert-OH is 1. The summed E-state index contributed by atoms with van der Waals surface area (Å²) < 4.78 is 19.6. The lowest BCUT2D eigenvalue weighted by Gasteiger charge is -2.37. The van der Waals surface area contributed by atoms with Crippen molar-refractivity contribution in [1.82, 2.24) is 20.3 Å². The van der Waals surface area contributed by atoms with Crippen molar-refractivity contribution in [2.75, 3.05) is 18.0 Å². The second kappa shape index (κ2) is 7.81. The highest BCUT2D eigenvalue weighted by atomic mass is 35.5. The number of piperidine rings is 1. The number of aliphatic hydroxyl groups is 1. The molecular formula is C17H20Cl2FN5O3. The molecule has 3 rings (SSSR count). The number of carbonyl (C=O) groups excluding carboxylic acids is 1. The molecule has 1 aliphatic rings. The molecule has 0 radical (unpaired) electrons. The summed E-state index contributed by atoms with van der Waals surface area (Å²) in [5.41, 5.74) is -0.706. The van der Waals surface area contributed by atoms with Gasteiger partial charge in [-0.1, -0.05) is 11.6 Å². The molecule has 0 spiro atoms. The number of anilines is 1. The highest BCUT2D eigenvalue weighted by Crippen LogP contribution is 2.30. The molecule has 1 saturated heterocycles. The van der Waals surface area contributed by atoms with Crippen LogP contribution in [0.15, 0.2) is 6.20 Å². The van der Waals surface area contributed by atoms with E-state index in [0.29, 0.717) is 24.2 Å². The van der Waals surface area contributed by atoms with Gasteiger partial charge in [-0.2, -0.15) is 4.98 Å². The summed E-state index contributed by atoms with van der Waals surface area (Å²) in [6.07, 6.45) is 0.355. The van der Waals surface area contributed by atoms with E-state index in [9.17, 15) is 14.3 Å². The van der Waals surface area contributed by atoms with Gasteiger partial charge in [0.25, 0.3) is 0 Å². The zero-order chi connectivity index (χ0) is 20.6. The number of nitrogens with one attached hydrogen (secondary N) is 1. The number of fused-ring (bicyclic) bond motifs is 1. The van der Waals surface area contributed by atoms with Gasteiger partial charge in [0, 0.05) is 19.3 Å². The molecule has 3 heterocycles. The molecule has 0 saturated carbocycles. The van der Waals surface area contributed by atoms with Crippen molar-refractivity contribution in [2.24, 2.45) is 0 Å². The monoisotopic (exact) mass is 431 g/mol. The fourth-order valence-electron chi connectivity index (χ4n) is 3.06. The van der Waals surface area contributed by atoms with Crippen LogP contribution in [-0.4, -0.2) is 57.0 Å². The average molecular weight is 432 g/mol. The summed E-state index contributed by atoms with van der Waals surface area (Å²) in [6.45, 7) is 5.81. The van der Waals surface area contributed by atoms with E-state index in [1.54, 1.807) is 25.7 Å². The van der Waals surface area contributed by atoms with E-state index in [0.717, 1.165) is 0 Å². The lowest BCUT2D eigenvalue weighted by atomic mass is 10.0. The average Bonchev–Trinajstić information content (AvgIpc) is 2.55. The number of alkyl carbamates (subject to hydrolysis) is 1. The van der Waals surface area contributed by atoms with Crippen LogP contribution in [0.4, 0.5) is 15.0 Å². The van der Waals surface area contributed by atoms with Crippen molar-refractivity contribution in [3.05, 3.63) is 22.5 Å². The summed E-state index contributed by atoms with van der Waals surface area (Å²) >= 11 is 11.7. The standard InChI is InChI=1S/C17H20Cl2FN5O3/c1-17(2,3)28-16(27)22-8-4-9(26)7-25(6-8)14-10-5-21-13(18)11(20)12(10)23-15(19)24-14/h5,8-9,26H,4,6-7H2,1-3H3,(H,22,27)/t8-,9+/m1/s1. The lowest BCUT2D eigenvalue weighted by Crippen LogP contribution is -2.53. The first-order valence-electron chi connectivity index (χ1n) is 8.63. The molecule has 152 valence electrons. The maximum Gasteiger partial charge on any atom is 0.407 e. The molecule has 1 amide bonds. The number of nitrogens with zero attached hydrogens (tertiary/aromatic N) is 4. The van der Waals surface area contributed by atoms with Gasteiger partial charge in [0.1, 0.15) is 16.9 Å². The summed E-state index contributed by atoms with van der Waals surface area (Å²) in [5.74, 6) is -0.501. The second-order valence-corrected chi connectivity index (χ2v) is 8.28. The number of ether oxygens (including phenoxy) is 1. The van der Waals surface area contributed by atoms with Crippen LogP contribution in [0.5, 0.6) is 0 Å². The summed E-state index contributed by atoms with van der Waals surface area (Å²) in [7, 11) is 0. The van der Waals surface area contributed by atoms with E-state index in [1.165, 1.54) is 6.20 Å². The van der Waals surface area contributed by atoms with Crippen LogP contribution in [0.1, 0.15) is 27.2 Å². The number of β-amino-alcohol motifs (C(OH)–C–C–N with tert-alkyl or cyclic N) is 1. The van der Waals surface area contributed by atoms with Gasteiger partial charge in [0.2, 0.25) is 5.28 Å². The third-order valence-electron chi connectivity index (χ3n) is 4.04. The highest BCUT2D eigenvalue weighted by Gasteiger charge is 2.31. The van der Waals surface area contributed by atoms with E-state index in [4.69, 9.17) is 27.9 Å². The first kappa shape index (κ1) is 20.8. The minimum Gasteiger partial charge on any atom is -0.444 e. The maximum absolute atomic E-state index is 14.3. The van der Waals surface area contributed by atoms with Gasteiger partial charge in [0.15, 0.2) is 11.0 Å². The van der Waals surface area contributed by atoms with Gasteiger partial charge < -0.3 is 20.1 Å². The number of rotatable bonds is 2. The third-order valence-corrected chi connectivity index (χ3v) is 4.48. The van der Waals surface area contributed by atoms with Crippen LogP contribution < -0.4 is 10.2 Å². The number of amides is 1. The van der Waals surface area contributed by atoms with Gasteiger partial charge in [-0.25, -0.2) is 19.2 Å². The predicted molar refractivity (Wildman–Crippen MR) is 103 cm³/mol. The zero-order valence-corrected chi connectivity index (χ0v) is 17.1. The van der Waals surface area contributed by atoms with Gasteiger partial charge in [-0.05, 0) is 38.8 Å². The molecule has 0 unspecified atom stereocenters. The number of carbonyl (C=O) groups is 1. The quantitative estimate of drug-likeness (QED) is 0.556. The van der Waals surface area contributed by atoms with Crippen molar-refractivity contribution >= 4 is 46.0 Å². The molecule has 8 nitrogen and oxygen atoms in total. The Kier molecular flexibility index (Phi) is 5.79. The van der Waals surface area contributed by atoms with Crippen molar-refractivity contribution in [2.45, 2.75) is 44.9 Å². The largest absolute Gasteiger partial charge is 0.444 e. The summed E-state index contributed by atoms with van der Waals surface area (Å²) in [6, 6.07) is -0.410. The first-order chi connectivity index (χ1) is 13.0. The molecule has 28 heavy (non-hydrogen) atoms. The fourth-order valence-corrected chi connectivity index (χ4v) is 3.36. The molecule has 2 aromatic heterocycles. The number of hydrogen-bond acceptors (Lipinski definition) is 7. The molecule has 1 fully saturated rings. The maximum atomic E-state index is 14.3. The molecule has 1 aliphatic heterocycles. The Balaban J connectivity index is 1.89. The molecule has 2 atom stereocenters. The van der Waals surface area contributed by atoms with Gasteiger partial charge in [0.05, 0.1) is 17.5 Å². The normalized spacial score (nSPS) is 20.3. The van der Waals surface area contributed by atoms with Gasteiger partial charge in [-0.3, -0.25) is 0 Å². The molecule has 11 heteroatoms. The Morgan fingerprint density at radius 2 is 2.07 bits per heavy atom. The smallest absolute Gasteiger partial charge is 0.407 e. The molecule has 0 bridgehead atoms. The SMILES string of the molecule is CC(C)(C)OC(=O)N[C@@H]1C[C@H](O)CN(c2nc(Cl)nc3c(F)c(Cl)ncc23)C1. The van der Waals surface area contributed by atoms with Crippen LogP contribution in [0.25, 0.3) is 10.9 Å². The van der Waals surface area contributed by atoms with Crippen LogP contribution in [0, 0.1) is 5.82 Å². The molecule has 2 N–H and O–H groups in total. The lowest BCUT2D eigenvalue weighted by molar-refractivity contribution is 0.0473. The van der Waals surface area contributed by atoms with E-state index < -0.39 is 29.7 Å². The Labute approximate surface area is 171 Å². The topological polar surface area (TPSA) is 100 Å². The number of halogens is 3. The Morgan fingerprint density at radius 1 is 1.36 bits per heavy atom. The Hall–Kier alpha value is -1.97. The number of aromatic nitrogens is 3. The fraction of sp³-hybridized carbons (Fsp3) is 0.529. The van der Waals surface area contributed by atoms with Crippen LogP contribution in [0.3, 0.4) is 0 Å². The molecule has 2 aromatic rings. The molecular weight excluding hydrogens is 412 g/mol. The van der Waals surface area contributed by atoms with E-state index >= 15 is 0 Å².